The fourth-order valence-corrected chi connectivity index (χ4v) is 1.91. The summed E-state index contributed by atoms with van der Waals surface area (Å²) in [5.41, 5.74) is 2.63. The molecule has 0 radical (unpaired) electrons. The van der Waals surface area contributed by atoms with E-state index in [2.05, 4.69) is 48.0 Å². The van der Waals surface area contributed by atoms with Gasteiger partial charge in [-0.15, -0.1) is 0 Å². The van der Waals surface area contributed by atoms with Gasteiger partial charge >= 0.3 is 0 Å². The summed E-state index contributed by atoms with van der Waals surface area (Å²) >= 11 is 3.51. The second-order valence-corrected chi connectivity index (χ2v) is 4.76. The first-order chi connectivity index (χ1) is 7.17. The van der Waals surface area contributed by atoms with E-state index in [-0.39, 0.29) is 0 Å². The summed E-state index contributed by atoms with van der Waals surface area (Å²) in [7, 11) is 1.74. The second-order valence-electron chi connectivity index (χ2n) is 4.11. The van der Waals surface area contributed by atoms with Crippen molar-refractivity contribution in [2.45, 2.75) is 26.7 Å². The van der Waals surface area contributed by atoms with Gasteiger partial charge in [0.05, 0.1) is 7.11 Å². The number of hydrogen-bond donors (Lipinski definition) is 0. The van der Waals surface area contributed by atoms with Crippen molar-refractivity contribution in [3.63, 3.8) is 0 Å². The summed E-state index contributed by atoms with van der Waals surface area (Å²) in [5, 5.41) is 1.07. The number of halogens is 1. The molecule has 1 aromatic carbocycles. The number of rotatable bonds is 5. The lowest BCUT2D eigenvalue weighted by Crippen LogP contribution is -2.00. The van der Waals surface area contributed by atoms with Crippen LogP contribution in [-0.4, -0.2) is 12.4 Å². The highest BCUT2D eigenvalue weighted by atomic mass is 79.9. The number of benzene rings is 1. The van der Waals surface area contributed by atoms with E-state index in [1.165, 1.54) is 17.5 Å². The number of aryl methyl sites for hydroxylation is 2. The van der Waals surface area contributed by atoms with Crippen LogP contribution in [0.25, 0.3) is 0 Å². The Morgan fingerprint density at radius 2 is 2.13 bits per heavy atom. The molecule has 2 heteroatoms. The predicted molar refractivity (Wildman–Crippen MR) is 69.0 cm³/mol. The molecular formula is C13H19BrO. The van der Waals surface area contributed by atoms with Gasteiger partial charge in [-0.25, -0.2) is 0 Å². The molecule has 0 aliphatic heterocycles. The van der Waals surface area contributed by atoms with Crippen LogP contribution >= 0.6 is 15.9 Å². The standard InChI is InChI=1S/C13H19BrO/c1-10-5-7-13(15-3)12(8-10)6-4-11(2)9-14/h5,7-8,11H,4,6,9H2,1-3H3. The Morgan fingerprint density at radius 3 is 2.73 bits per heavy atom. The number of hydrogen-bond acceptors (Lipinski definition) is 1. The van der Waals surface area contributed by atoms with E-state index in [4.69, 9.17) is 4.74 Å². The lowest BCUT2D eigenvalue weighted by atomic mass is 10.0. The van der Waals surface area contributed by atoms with Crippen LogP contribution in [0.4, 0.5) is 0 Å². The molecule has 0 heterocycles. The Balaban J connectivity index is 2.69. The third-order valence-corrected chi connectivity index (χ3v) is 3.71. The van der Waals surface area contributed by atoms with Gasteiger partial charge in [0.2, 0.25) is 0 Å². The van der Waals surface area contributed by atoms with Crippen LogP contribution in [0.15, 0.2) is 18.2 Å². The molecule has 1 unspecified atom stereocenters. The molecule has 15 heavy (non-hydrogen) atoms. The van der Waals surface area contributed by atoms with Crippen molar-refractivity contribution in [3.05, 3.63) is 29.3 Å². The topological polar surface area (TPSA) is 9.23 Å². The van der Waals surface area contributed by atoms with Crippen molar-refractivity contribution in [1.29, 1.82) is 0 Å². The zero-order valence-corrected chi connectivity index (χ0v) is 11.3. The normalized spacial score (nSPS) is 12.5. The van der Waals surface area contributed by atoms with Crippen molar-refractivity contribution in [2.75, 3.05) is 12.4 Å². The Morgan fingerprint density at radius 1 is 1.40 bits per heavy atom. The van der Waals surface area contributed by atoms with Crippen molar-refractivity contribution >= 4 is 15.9 Å². The van der Waals surface area contributed by atoms with Crippen molar-refractivity contribution in [3.8, 4) is 5.75 Å². The van der Waals surface area contributed by atoms with Gasteiger partial charge in [-0.1, -0.05) is 40.5 Å². The van der Waals surface area contributed by atoms with E-state index in [0.29, 0.717) is 0 Å². The molecule has 0 aromatic heterocycles. The van der Waals surface area contributed by atoms with E-state index < -0.39 is 0 Å². The van der Waals surface area contributed by atoms with Gasteiger partial charge in [-0.2, -0.15) is 0 Å². The largest absolute Gasteiger partial charge is 0.496 e. The third kappa shape index (κ3) is 3.86. The second kappa shape index (κ2) is 6.16. The van der Waals surface area contributed by atoms with Crippen LogP contribution in [0.1, 0.15) is 24.5 Å². The summed E-state index contributed by atoms with van der Waals surface area (Å²) in [5.74, 6) is 1.73. The Labute approximate surface area is 101 Å². The fraction of sp³-hybridized carbons (Fsp3) is 0.538. The molecule has 1 rings (SSSR count). The minimum atomic E-state index is 0.718. The summed E-state index contributed by atoms with van der Waals surface area (Å²) in [4.78, 5) is 0. The lowest BCUT2D eigenvalue weighted by molar-refractivity contribution is 0.407. The van der Waals surface area contributed by atoms with Crippen molar-refractivity contribution in [1.82, 2.24) is 0 Å². The predicted octanol–water partition coefficient (Wildman–Crippen LogP) is 3.97. The molecule has 0 N–H and O–H groups in total. The summed E-state index contributed by atoms with van der Waals surface area (Å²) in [6.07, 6.45) is 2.29. The molecule has 0 aliphatic carbocycles. The van der Waals surface area contributed by atoms with E-state index >= 15 is 0 Å². The van der Waals surface area contributed by atoms with Gasteiger partial charge in [-0.05, 0) is 37.3 Å². The van der Waals surface area contributed by atoms with E-state index in [9.17, 15) is 0 Å². The first-order valence-electron chi connectivity index (χ1n) is 5.37. The summed E-state index contributed by atoms with van der Waals surface area (Å²) in [6.45, 7) is 4.38. The molecule has 0 saturated heterocycles. The molecule has 0 saturated carbocycles. The fourth-order valence-electron chi connectivity index (χ4n) is 1.58. The van der Waals surface area contributed by atoms with Gasteiger partial charge in [-0.3, -0.25) is 0 Å². The Hall–Kier alpha value is -0.500. The smallest absolute Gasteiger partial charge is 0.122 e. The van der Waals surface area contributed by atoms with Crippen LogP contribution in [0.3, 0.4) is 0 Å². The summed E-state index contributed by atoms with van der Waals surface area (Å²) in [6, 6.07) is 6.37. The van der Waals surface area contributed by atoms with Crippen LogP contribution in [0.2, 0.25) is 0 Å². The molecule has 84 valence electrons. The average Bonchev–Trinajstić information content (AvgIpc) is 2.26. The molecule has 0 amide bonds. The molecule has 0 bridgehead atoms. The van der Waals surface area contributed by atoms with Gasteiger partial charge in [0.25, 0.3) is 0 Å². The number of alkyl halides is 1. The van der Waals surface area contributed by atoms with Crippen LogP contribution < -0.4 is 4.74 Å². The van der Waals surface area contributed by atoms with Crippen LogP contribution in [-0.2, 0) is 6.42 Å². The Kier molecular flexibility index (Phi) is 5.16. The van der Waals surface area contributed by atoms with Crippen molar-refractivity contribution in [2.24, 2.45) is 5.92 Å². The number of methoxy groups -OCH3 is 1. The van der Waals surface area contributed by atoms with Gasteiger partial charge in [0.15, 0.2) is 0 Å². The SMILES string of the molecule is COc1ccc(C)cc1CCC(C)CBr. The molecule has 1 aromatic rings. The van der Waals surface area contributed by atoms with Gasteiger partial charge in [0, 0.05) is 5.33 Å². The Bertz CT molecular complexity index is 309. The highest BCUT2D eigenvalue weighted by molar-refractivity contribution is 9.09. The molecule has 1 atom stereocenters. The van der Waals surface area contributed by atoms with E-state index in [1.54, 1.807) is 7.11 Å². The first kappa shape index (κ1) is 12.6. The van der Waals surface area contributed by atoms with Gasteiger partial charge in [0.1, 0.15) is 5.75 Å². The van der Waals surface area contributed by atoms with Crippen LogP contribution in [0.5, 0.6) is 5.75 Å². The monoisotopic (exact) mass is 270 g/mol. The zero-order valence-electron chi connectivity index (χ0n) is 9.72. The first-order valence-corrected chi connectivity index (χ1v) is 6.49. The zero-order chi connectivity index (χ0) is 11.3. The van der Waals surface area contributed by atoms with E-state index in [0.717, 1.165) is 23.4 Å². The minimum absolute atomic E-state index is 0.718. The molecule has 0 fully saturated rings. The molecule has 0 spiro atoms. The van der Waals surface area contributed by atoms with E-state index in [1.807, 2.05) is 0 Å². The molecular weight excluding hydrogens is 252 g/mol. The molecule has 0 aliphatic rings. The summed E-state index contributed by atoms with van der Waals surface area (Å²) < 4.78 is 5.35. The highest BCUT2D eigenvalue weighted by Crippen LogP contribution is 2.22. The number of ether oxygens (including phenoxy) is 1. The van der Waals surface area contributed by atoms with Crippen LogP contribution in [0, 0.1) is 12.8 Å². The minimum Gasteiger partial charge on any atom is -0.496 e. The van der Waals surface area contributed by atoms with Crippen molar-refractivity contribution < 1.29 is 4.74 Å². The highest BCUT2D eigenvalue weighted by Gasteiger charge is 2.05. The maximum absolute atomic E-state index is 5.35. The third-order valence-electron chi connectivity index (χ3n) is 2.61. The molecule has 1 nitrogen and oxygen atoms in total. The maximum Gasteiger partial charge on any atom is 0.122 e. The average molecular weight is 271 g/mol. The quantitative estimate of drug-likeness (QED) is 0.736. The lowest BCUT2D eigenvalue weighted by Gasteiger charge is -2.11. The van der Waals surface area contributed by atoms with Gasteiger partial charge < -0.3 is 4.74 Å². The maximum atomic E-state index is 5.35.